The van der Waals surface area contributed by atoms with Crippen molar-refractivity contribution in [3.05, 3.63) is 82.8 Å². The fraction of sp³-hybridized carbons (Fsp3) is 0.130. The lowest BCUT2D eigenvalue weighted by Gasteiger charge is -2.24. The summed E-state index contributed by atoms with van der Waals surface area (Å²) in [5.41, 5.74) is 3.39. The van der Waals surface area contributed by atoms with Gasteiger partial charge < -0.3 is 9.47 Å². The molecule has 0 unspecified atom stereocenters. The number of rotatable bonds is 9. The molecule has 0 atom stereocenters. The van der Waals surface area contributed by atoms with Gasteiger partial charge in [0.1, 0.15) is 6.54 Å². The Balaban J connectivity index is 1.89. The molecule has 33 heavy (non-hydrogen) atoms. The molecule has 172 valence electrons. The minimum atomic E-state index is -4.06. The average Bonchev–Trinajstić information content (AvgIpc) is 2.83. The maximum atomic E-state index is 13.4. The van der Waals surface area contributed by atoms with Crippen LogP contribution in [0.2, 0.25) is 0 Å². The highest BCUT2D eigenvalue weighted by Gasteiger charge is 2.28. The lowest BCUT2D eigenvalue weighted by molar-refractivity contribution is -0.119. The van der Waals surface area contributed by atoms with E-state index in [1.54, 1.807) is 30.3 Å². The minimum Gasteiger partial charge on any atom is -0.493 e. The van der Waals surface area contributed by atoms with E-state index in [4.69, 9.17) is 9.47 Å². The summed E-state index contributed by atoms with van der Waals surface area (Å²) in [6.07, 6.45) is 1.47. The second-order valence-corrected chi connectivity index (χ2v) is 9.49. The van der Waals surface area contributed by atoms with Crippen LogP contribution in [-0.2, 0) is 14.8 Å². The first kappa shape index (κ1) is 24.3. The molecular formula is C23H22BrN3O5S. The van der Waals surface area contributed by atoms with Crippen molar-refractivity contribution in [1.82, 2.24) is 5.43 Å². The van der Waals surface area contributed by atoms with E-state index in [0.717, 1.165) is 14.3 Å². The number of hydrazone groups is 1. The molecule has 0 aliphatic carbocycles. The van der Waals surface area contributed by atoms with Crippen molar-refractivity contribution in [1.29, 1.82) is 0 Å². The zero-order chi connectivity index (χ0) is 23.8. The van der Waals surface area contributed by atoms with Crippen LogP contribution in [-0.4, -0.2) is 41.3 Å². The van der Waals surface area contributed by atoms with Gasteiger partial charge in [0.25, 0.3) is 15.9 Å². The molecule has 3 aromatic rings. The highest BCUT2D eigenvalue weighted by molar-refractivity contribution is 9.10. The summed E-state index contributed by atoms with van der Waals surface area (Å²) in [6.45, 7) is -0.496. The first-order valence-corrected chi connectivity index (χ1v) is 12.0. The zero-order valence-electron chi connectivity index (χ0n) is 17.9. The van der Waals surface area contributed by atoms with Gasteiger partial charge in [-0.25, -0.2) is 13.8 Å². The van der Waals surface area contributed by atoms with Gasteiger partial charge in [0.05, 0.1) is 31.0 Å². The van der Waals surface area contributed by atoms with Gasteiger partial charge in [-0.05, 0) is 42.0 Å². The number of carbonyl (C=O) groups excluding carboxylic acids is 1. The number of nitrogens with one attached hydrogen (secondary N) is 1. The van der Waals surface area contributed by atoms with Gasteiger partial charge in [0, 0.05) is 10.5 Å². The Labute approximate surface area is 201 Å². The molecule has 0 saturated heterocycles. The van der Waals surface area contributed by atoms with Crippen LogP contribution in [0.1, 0.15) is 5.56 Å². The van der Waals surface area contributed by atoms with Crippen molar-refractivity contribution in [3.8, 4) is 11.5 Å². The normalized spacial score (nSPS) is 11.2. The Morgan fingerprint density at radius 3 is 2.30 bits per heavy atom. The van der Waals surface area contributed by atoms with E-state index >= 15 is 0 Å². The Morgan fingerprint density at radius 2 is 1.67 bits per heavy atom. The van der Waals surface area contributed by atoms with Crippen molar-refractivity contribution in [3.63, 3.8) is 0 Å². The zero-order valence-corrected chi connectivity index (χ0v) is 20.3. The number of carbonyl (C=O) groups is 1. The standard InChI is InChI=1S/C23H22BrN3O5S/c1-31-21-13-12-19(14-22(21)32-2)27(33(29,30)20-6-4-3-5-7-20)16-23(28)26-25-15-17-8-10-18(24)11-9-17/h3-15H,16H2,1-2H3,(H,26,28)/b25-15-. The fourth-order valence-electron chi connectivity index (χ4n) is 2.91. The van der Waals surface area contributed by atoms with Crippen LogP contribution in [0.15, 0.2) is 87.3 Å². The maximum absolute atomic E-state index is 13.4. The van der Waals surface area contributed by atoms with E-state index in [-0.39, 0.29) is 10.6 Å². The highest BCUT2D eigenvalue weighted by Crippen LogP contribution is 2.33. The molecule has 10 heteroatoms. The quantitative estimate of drug-likeness (QED) is 0.334. The lowest BCUT2D eigenvalue weighted by atomic mass is 10.2. The van der Waals surface area contributed by atoms with Crippen molar-refractivity contribution in [2.24, 2.45) is 5.10 Å². The summed E-state index contributed by atoms with van der Waals surface area (Å²) in [5.74, 6) is 0.149. The average molecular weight is 532 g/mol. The Bertz CT molecular complexity index is 1230. The fourth-order valence-corrected chi connectivity index (χ4v) is 4.61. The second-order valence-electron chi connectivity index (χ2n) is 6.71. The van der Waals surface area contributed by atoms with Gasteiger partial charge >= 0.3 is 0 Å². The summed E-state index contributed by atoms with van der Waals surface area (Å²) in [4.78, 5) is 12.7. The van der Waals surface area contributed by atoms with Crippen molar-refractivity contribution in [2.45, 2.75) is 4.90 Å². The largest absolute Gasteiger partial charge is 0.493 e. The molecule has 8 nitrogen and oxygen atoms in total. The Kier molecular flexibility index (Phi) is 8.07. The summed E-state index contributed by atoms with van der Waals surface area (Å²) >= 11 is 3.35. The molecule has 0 heterocycles. The number of ether oxygens (including phenoxy) is 2. The third-order valence-corrected chi connectivity index (χ3v) is 6.86. The number of anilines is 1. The van der Waals surface area contributed by atoms with Crippen LogP contribution in [0, 0.1) is 0 Å². The molecule has 0 aliphatic heterocycles. The maximum Gasteiger partial charge on any atom is 0.264 e. The van der Waals surface area contributed by atoms with Crippen molar-refractivity contribution in [2.75, 3.05) is 25.1 Å². The predicted octanol–water partition coefficient (Wildman–Crippen LogP) is 3.81. The van der Waals surface area contributed by atoms with E-state index in [2.05, 4.69) is 26.5 Å². The van der Waals surface area contributed by atoms with Crippen LogP contribution < -0.4 is 19.2 Å². The molecule has 0 saturated carbocycles. The van der Waals surface area contributed by atoms with Gasteiger partial charge in [-0.2, -0.15) is 5.10 Å². The monoisotopic (exact) mass is 531 g/mol. The first-order chi connectivity index (χ1) is 15.8. The van der Waals surface area contributed by atoms with Gasteiger partial charge in [0.15, 0.2) is 11.5 Å². The Hall–Kier alpha value is -3.37. The van der Waals surface area contributed by atoms with E-state index in [0.29, 0.717) is 11.5 Å². The summed E-state index contributed by atoms with van der Waals surface area (Å²) < 4.78 is 39.2. The van der Waals surface area contributed by atoms with E-state index in [1.807, 2.05) is 24.3 Å². The van der Waals surface area contributed by atoms with E-state index < -0.39 is 22.5 Å². The minimum absolute atomic E-state index is 0.0472. The topological polar surface area (TPSA) is 97.3 Å². The molecule has 3 aromatic carbocycles. The number of amides is 1. The van der Waals surface area contributed by atoms with Gasteiger partial charge in [0.2, 0.25) is 0 Å². The van der Waals surface area contributed by atoms with Gasteiger partial charge in [-0.15, -0.1) is 0 Å². The van der Waals surface area contributed by atoms with E-state index in [9.17, 15) is 13.2 Å². The molecule has 0 spiro atoms. The first-order valence-electron chi connectivity index (χ1n) is 9.72. The summed E-state index contributed by atoms with van der Waals surface area (Å²) in [6, 6.07) is 19.8. The summed E-state index contributed by atoms with van der Waals surface area (Å²) in [5, 5.41) is 3.93. The molecule has 0 aromatic heterocycles. The molecular weight excluding hydrogens is 510 g/mol. The number of benzene rings is 3. The summed E-state index contributed by atoms with van der Waals surface area (Å²) in [7, 11) is -1.13. The van der Waals surface area contributed by atoms with Crippen molar-refractivity contribution < 1.29 is 22.7 Å². The van der Waals surface area contributed by atoms with Gasteiger partial charge in [-0.3, -0.25) is 9.10 Å². The number of nitrogens with zero attached hydrogens (tertiary/aromatic N) is 2. The predicted molar refractivity (Wildman–Crippen MR) is 130 cm³/mol. The molecule has 1 N–H and O–H groups in total. The molecule has 0 aliphatic rings. The molecule has 0 radical (unpaired) electrons. The number of hydrogen-bond donors (Lipinski definition) is 1. The second kappa shape index (κ2) is 11.0. The Morgan fingerprint density at radius 1 is 1.00 bits per heavy atom. The molecule has 0 bridgehead atoms. The number of sulfonamides is 1. The van der Waals surface area contributed by atoms with Crippen LogP contribution in [0.3, 0.4) is 0 Å². The van der Waals surface area contributed by atoms with E-state index in [1.165, 1.54) is 38.6 Å². The number of hydrogen-bond acceptors (Lipinski definition) is 6. The van der Waals surface area contributed by atoms with Crippen molar-refractivity contribution >= 4 is 43.8 Å². The molecule has 0 fully saturated rings. The SMILES string of the molecule is COc1ccc(N(CC(=O)N/N=C\c2ccc(Br)cc2)S(=O)(=O)c2ccccc2)cc1OC. The number of halogens is 1. The highest BCUT2D eigenvalue weighted by atomic mass is 79.9. The van der Waals surface area contributed by atoms with Crippen LogP contribution in [0.4, 0.5) is 5.69 Å². The smallest absolute Gasteiger partial charge is 0.264 e. The van der Waals surface area contributed by atoms with Gasteiger partial charge in [-0.1, -0.05) is 46.3 Å². The molecule has 1 amide bonds. The third-order valence-electron chi connectivity index (χ3n) is 4.55. The number of methoxy groups -OCH3 is 2. The van der Waals surface area contributed by atoms with Crippen LogP contribution in [0.25, 0.3) is 0 Å². The van der Waals surface area contributed by atoms with Crippen LogP contribution in [0.5, 0.6) is 11.5 Å². The van der Waals surface area contributed by atoms with Crippen LogP contribution >= 0.6 is 15.9 Å². The third kappa shape index (κ3) is 6.11. The lowest BCUT2D eigenvalue weighted by Crippen LogP contribution is -2.39. The molecule has 3 rings (SSSR count).